The molecule has 1 atom stereocenters. The van der Waals surface area contributed by atoms with Crippen LogP contribution in [0.3, 0.4) is 0 Å². The standard InChI is InChI=1S/C15H27N3S/c1-12-10-13(11-19-12)14(17-16)15(18(2)3)8-6-4-5-7-9-15/h10-11,14,17H,4-9,16H2,1-3H3. The molecule has 1 aliphatic carbocycles. The normalized spacial score (nSPS) is 21.3. The number of aryl methyl sites for hydroxylation is 1. The number of thiophene rings is 1. The smallest absolute Gasteiger partial charge is 0.0651 e. The number of hydrazine groups is 1. The molecule has 1 aromatic rings. The maximum Gasteiger partial charge on any atom is 0.0651 e. The van der Waals surface area contributed by atoms with E-state index in [0.717, 1.165) is 0 Å². The summed E-state index contributed by atoms with van der Waals surface area (Å²) in [6.07, 6.45) is 7.78. The molecule has 1 fully saturated rings. The van der Waals surface area contributed by atoms with Gasteiger partial charge in [-0.3, -0.25) is 11.3 Å². The van der Waals surface area contributed by atoms with E-state index in [0.29, 0.717) is 0 Å². The molecular formula is C15H27N3S. The molecule has 108 valence electrons. The fourth-order valence-corrected chi connectivity index (χ4v) is 4.24. The summed E-state index contributed by atoms with van der Waals surface area (Å²) in [4.78, 5) is 3.76. The molecule has 1 aliphatic rings. The third-order valence-corrected chi connectivity index (χ3v) is 5.53. The highest BCUT2D eigenvalue weighted by atomic mass is 32.1. The third kappa shape index (κ3) is 3.02. The van der Waals surface area contributed by atoms with E-state index in [2.05, 4.69) is 42.8 Å². The highest BCUT2D eigenvalue weighted by molar-refractivity contribution is 7.10. The number of likely N-dealkylation sites (N-methyl/N-ethyl adjacent to an activating group) is 1. The first-order valence-electron chi connectivity index (χ1n) is 7.29. The lowest BCUT2D eigenvalue weighted by Crippen LogP contribution is -2.55. The number of nitrogens with two attached hydrogens (primary N) is 1. The minimum Gasteiger partial charge on any atom is -0.302 e. The Kier molecular flexibility index (Phi) is 5.01. The van der Waals surface area contributed by atoms with Crippen LogP contribution in [-0.4, -0.2) is 24.5 Å². The maximum atomic E-state index is 5.95. The molecule has 0 spiro atoms. The number of hydrogen-bond donors (Lipinski definition) is 2. The highest BCUT2D eigenvalue weighted by Crippen LogP contribution is 2.41. The summed E-state index contributed by atoms with van der Waals surface area (Å²) in [6, 6.07) is 2.51. The molecule has 1 heterocycles. The first kappa shape index (κ1) is 15.0. The second kappa shape index (κ2) is 6.35. The van der Waals surface area contributed by atoms with E-state index in [4.69, 9.17) is 5.84 Å². The first-order chi connectivity index (χ1) is 9.10. The fraction of sp³-hybridized carbons (Fsp3) is 0.733. The van der Waals surface area contributed by atoms with Gasteiger partial charge in [0, 0.05) is 10.4 Å². The summed E-state index contributed by atoms with van der Waals surface area (Å²) >= 11 is 1.81. The van der Waals surface area contributed by atoms with Crippen LogP contribution in [0.25, 0.3) is 0 Å². The number of nitrogens with one attached hydrogen (secondary N) is 1. The first-order valence-corrected chi connectivity index (χ1v) is 8.17. The average Bonchev–Trinajstić information content (AvgIpc) is 2.66. The predicted molar refractivity (Wildman–Crippen MR) is 83.2 cm³/mol. The molecule has 19 heavy (non-hydrogen) atoms. The van der Waals surface area contributed by atoms with Crippen molar-refractivity contribution in [2.75, 3.05) is 14.1 Å². The van der Waals surface area contributed by atoms with Gasteiger partial charge in [0.2, 0.25) is 0 Å². The zero-order valence-electron chi connectivity index (χ0n) is 12.4. The monoisotopic (exact) mass is 281 g/mol. The van der Waals surface area contributed by atoms with Crippen LogP contribution in [0.4, 0.5) is 0 Å². The van der Waals surface area contributed by atoms with Crippen LogP contribution in [0.1, 0.15) is 55.0 Å². The predicted octanol–water partition coefficient (Wildman–Crippen LogP) is 3.22. The molecule has 0 bridgehead atoms. The van der Waals surface area contributed by atoms with Gasteiger partial charge < -0.3 is 4.90 Å². The minimum atomic E-state index is 0.152. The minimum absolute atomic E-state index is 0.152. The molecule has 0 radical (unpaired) electrons. The van der Waals surface area contributed by atoms with Crippen molar-refractivity contribution in [2.24, 2.45) is 5.84 Å². The van der Waals surface area contributed by atoms with Crippen LogP contribution in [0.2, 0.25) is 0 Å². The Morgan fingerprint density at radius 3 is 2.32 bits per heavy atom. The lowest BCUT2D eigenvalue weighted by Gasteiger charge is -2.45. The molecule has 0 aliphatic heterocycles. The Morgan fingerprint density at radius 1 is 1.26 bits per heavy atom. The number of hydrogen-bond acceptors (Lipinski definition) is 4. The van der Waals surface area contributed by atoms with Crippen molar-refractivity contribution in [2.45, 2.75) is 57.0 Å². The van der Waals surface area contributed by atoms with Gasteiger partial charge in [-0.05, 0) is 50.9 Å². The van der Waals surface area contributed by atoms with Gasteiger partial charge in [-0.15, -0.1) is 11.3 Å². The fourth-order valence-electron chi connectivity index (χ4n) is 3.51. The second-order valence-electron chi connectivity index (χ2n) is 6.00. The topological polar surface area (TPSA) is 41.3 Å². The number of nitrogens with zero attached hydrogens (tertiary/aromatic N) is 1. The lowest BCUT2D eigenvalue weighted by molar-refractivity contribution is 0.0802. The zero-order chi connectivity index (χ0) is 13.9. The summed E-state index contributed by atoms with van der Waals surface area (Å²) in [7, 11) is 4.41. The van der Waals surface area contributed by atoms with Crippen LogP contribution >= 0.6 is 11.3 Å². The van der Waals surface area contributed by atoms with Crippen LogP contribution in [0.5, 0.6) is 0 Å². The quantitative estimate of drug-likeness (QED) is 0.506. The molecule has 3 nitrogen and oxygen atoms in total. The van der Waals surface area contributed by atoms with Gasteiger partial charge in [-0.25, -0.2) is 0 Å². The Labute approximate surface area is 121 Å². The largest absolute Gasteiger partial charge is 0.302 e. The van der Waals surface area contributed by atoms with E-state index in [1.165, 1.54) is 49.0 Å². The van der Waals surface area contributed by atoms with E-state index in [1.54, 1.807) is 0 Å². The molecule has 4 heteroatoms. The summed E-state index contributed by atoms with van der Waals surface area (Å²) in [5, 5.41) is 2.26. The van der Waals surface area contributed by atoms with Crippen LogP contribution < -0.4 is 11.3 Å². The van der Waals surface area contributed by atoms with Crippen molar-refractivity contribution in [1.82, 2.24) is 10.3 Å². The van der Waals surface area contributed by atoms with Gasteiger partial charge in [0.25, 0.3) is 0 Å². The summed E-state index contributed by atoms with van der Waals surface area (Å²) in [5.74, 6) is 5.95. The van der Waals surface area contributed by atoms with Gasteiger partial charge >= 0.3 is 0 Å². The Bertz CT molecular complexity index is 392. The van der Waals surface area contributed by atoms with Crippen LogP contribution in [-0.2, 0) is 0 Å². The van der Waals surface area contributed by atoms with Crippen molar-refractivity contribution in [1.29, 1.82) is 0 Å². The Morgan fingerprint density at radius 2 is 1.89 bits per heavy atom. The molecule has 0 aromatic carbocycles. The van der Waals surface area contributed by atoms with Gasteiger partial charge in [-0.2, -0.15) is 0 Å². The van der Waals surface area contributed by atoms with E-state index < -0.39 is 0 Å². The molecule has 3 N–H and O–H groups in total. The Hall–Kier alpha value is -0.420. The maximum absolute atomic E-state index is 5.95. The molecule has 1 unspecified atom stereocenters. The van der Waals surface area contributed by atoms with E-state index in [-0.39, 0.29) is 11.6 Å². The molecule has 2 rings (SSSR count). The molecule has 0 amide bonds. The van der Waals surface area contributed by atoms with Gasteiger partial charge in [0.05, 0.1) is 6.04 Å². The Balaban J connectivity index is 2.34. The molecule has 0 saturated heterocycles. The van der Waals surface area contributed by atoms with E-state index in [1.807, 2.05) is 11.3 Å². The summed E-state index contributed by atoms with van der Waals surface area (Å²) in [5.41, 5.74) is 4.62. The van der Waals surface area contributed by atoms with Crippen molar-refractivity contribution >= 4 is 11.3 Å². The average molecular weight is 281 g/mol. The lowest BCUT2D eigenvalue weighted by atomic mass is 9.79. The van der Waals surface area contributed by atoms with Gasteiger partial charge in [0.1, 0.15) is 0 Å². The van der Waals surface area contributed by atoms with E-state index >= 15 is 0 Å². The van der Waals surface area contributed by atoms with Crippen molar-refractivity contribution < 1.29 is 0 Å². The SMILES string of the molecule is Cc1cc(C(NN)C2(N(C)C)CCCCCC2)cs1. The second-order valence-corrected chi connectivity index (χ2v) is 7.12. The number of rotatable bonds is 4. The van der Waals surface area contributed by atoms with Gasteiger partial charge in [-0.1, -0.05) is 25.7 Å². The highest BCUT2D eigenvalue weighted by Gasteiger charge is 2.41. The van der Waals surface area contributed by atoms with E-state index in [9.17, 15) is 0 Å². The summed E-state index contributed by atoms with van der Waals surface area (Å²) in [6.45, 7) is 2.16. The van der Waals surface area contributed by atoms with Crippen molar-refractivity contribution in [3.05, 3.63) is 21.9 Å². The third-order valence-electron chi connectivity index (χ3n) is 4.65. The summed E-state index contributed by atoms with van der Waals surface area (Å²) < 4.78 is 0. The van der Waals surface area contributed by atoms with Crippen molar-refractivity contribution in [3.8, 4) is 0 Å². The van der Waals surface area contributed by atoms with Crippen molar-refractivity contribution in [3.63, 3.8) is 0 Å². The molecular weight excluding hydrogens is 254 g/mol. The zero-order valence-corrected chi connectivity index (χ0v) is 13.2. The molecule has 1 aromatic heterocycles. The van der Waals surface area contributed by atoms with Crippen LogP contribution in [0, 0.1) is 6.92 Å². The van der Waals surface area contributed by atoms with Gasteiger partial charge in [0.15, 0.2) is 0 Å². The molecule has 1 saturated carbocycles. The van der Waals surface area contributed by atoms with Crippen LogP contribution in [0.15, 0.2) is 11.4 Å².